The van der Waals surface area contributed by atoms with E-state index in [2.05, 4.69) is 4.98 Å². The molecule has 0 spiro atoms. The first kappa shape index (κ1) is 16.0. The smallest absolute Gasteiger partial charge is 0.228 e. The molecule has 2 aliphatic rings. The number of amides is 1. The molecule has 25 heavy (non-hydrogen) atoms. The van der Waals surface area contributed by atoms with Gasteiger partial charge in [0.05, 0.1) is 23.5 Å². The molecular weight excluding hydrogens is 321 g/mol. The van der Waals surface area contributed by atoms with Crippen LogP contribution in [-0.2, 0) is 11.2 Å². The van der Waals surface area contributed by atoms with Crippen LogP contribution < -0.4 is 5.73 Å². The largest absolute Gasteiger partial charge is 0.397 e. The topological polar surface area (TPSA) is 79.5 Å². The summed E-state index contributed by atoms with van der Waals surface area (Å²) in [5.74, 6) is 0.978. The van der Waals surface area contributed by atoms with E-state index in [4.69, 9.17) is 5.73 Å². The van der Waals surface area contributed by atoms with Crippen molar-refractivity contribution >= 4 is 11.6 Å². The second-order valence-corrected chi connectivity index (χ2v) is 6.89. The zero-order valence-corrected chi connectivity index (χ0v) is 13.7. The number of pyridine rings is 1. The Hall–Kier alpha value is -2.47. The first-order valence-corrected chi connectivity index (χ1v) is 8.47. The summed E-state index contributed by atoms with van der Waals surface area (Å²) in [6, 6.07) is 9.58. The molecule has 2 fully saturated rings. The number of nitrogens with two attached hydrogens (primary N) is 1. The van der Waals surface area contributed by atoms with Crippen molar-refractivity contribution in [3.63, 3.8) is 0 Å². The third-order valence-corrected chi connectivity index (χ3v) is 5.40. The molecule has 1 aromatic carbocycles. The zero-order valence-electron chi connectivity index (χ0n) is 13.7. The minimum atomic E-state index is -0.302. The molecule has 1 saturated heterocycles. The molecule has 0 radical (unpaired) electrons. The Kier molecular flexibility index (Phi) is 3.92. The van der Waals surface area contributed by atoms with Gasteiger partial charge < -0.3 is 15.7 Å². The highest BCUT2D eigenvalue weighted by Gasteiger charge is 2.55. The summed E-state index contributed by atoms with van der Waals surface area (Å²) in [5, 5.41) is 9.21. The van der Waals surface area contributed by atoms with Crippen molar-refractivity contribution in [3.8, 4) is 11.3 Å². The van der Waals surface area contributed by atoms with Gasteiger partial charge >= 0.3 is 0 Å². The van der Waals surface area contributed by atoms with Gasteiger partial charge in [0.1, 0.15) is 5.82 Å². The van der Waals surface area contributed by atoms with Gasteiger partial charge in [-0.2, -0.15) is 0 Å². The first-order chi connectivity index (χ1) is 12.1. The van der Waals surface area contributed by atoms with Crippen LogP contribution in [0.25, 0.3) is 11.3 Å². The Bertz CT molecular complexity index is 797. The average molecular weight is 341 g/mol. The van der Waals surface area contributed by atoms with Crippen LogP contribution >= 0.6 is 0 Å². The van der Waals surface area contributed by atoms with Crippen LogP contribution in [0.2, 0.25) is 0 Å². The van der Waals surface area contributed by atoms with Crippen molar-refractivity contribution in [3.05, 3.63) is 47.9 Å². The van der Waals surface area contributed by atoms with Crippen LogP contribution in [0.3, 0.4) is 0 Å². The molecule has 3 atom stereocenters. The maximum atomic E-state index is 13.1. The van der Waals surface area contributed by atoms with E-state index in [0.717, 1.165) is 5.56 Å². The van der Waals surface area contributed by atoms with Crippen molar-refractivity contribution < 1.29 is 14.3 Å². The summed E-state index contributed by atoms with van der Waals surface area (Å²) in [6.07, 6.45) is 0.157. The van der Waals surface area contributed by atoms with Crippen molar-refractivity contribution in [2.24, 2.45) is 17.8 Å². The normalized spacial score (nSPS) is 24.2. The summed E-state index contributed by atoms with van der Waals surface area (Å²) in [4.78, 5) is 18.9. The number of rotatable bonds is 4. The monoisotopic (exact) mass is 341 g/mol. The Morgan fingerprint density at radius 1 is 1.20 bits per heavy atom. The molecule has 2 heterocycles. The number of fused-ring (bicyclic) bond motifs is 1. The van der Waals surface area contributed by atoms with Crippen LogP contribution in [0.15, 0.2) is 36.4 Å². The fraction of sp³-hybridized carbons (Fsp3) is 0.368. The number of carbonyl (C=O) groups is 1. The molecule has 6 heteroatoms. The van der Waals surface area contributed by atoms with Crippen molar-refractivity contribution in [1.82, 2.24) is 9.88 Å². The number of anilines is 1. The van der Waals surface area contributed by atoms with Gasteiger partial charge in [-0.05, 0) is 54.2 Å². The van der Waals surface area contributed by atoms with Gasteiger partial charge in [-0.25, -0.2) is 4.39 Å². The predicted molar refractivity (Wildman–Crippen MR) is 91.9 cm³/mol. The van der Waals surface area contributed by atoms with Crippen LogP contribution in [0.4, 0.5) is 10.1 Å². The molecule has 1 aromatic heterocycles. The number of benzene rings is 1. The second-order valence-electron chi connectivity index (χ2n) is 6.89. The molecule has 3 N–H and O–H groups in total. The highest BCUT2D eigenvalue weighted by atomic mass is 19.1. The third-order valence-electron chi connectivity index (χ3n) is 5.40. The molecule has 1 unspecified atom stereocenters. The van der Waals surface area contributed by atoms with E-state index in [1.807, 2.05) is 4.90 Å². The number of hydrogen-bond donors (Lipinski definition) is 2. The van der Waals surface area contributed by atoms with Gasteiger partial charge in [0.2, 0.25) is 5.91 Å². The van der Waals surface area contributed by atoms with Crippen molar-refractivity contribution in [1.29, 1.82) is 0 Å². The van der Waals surface area contributed by atoms with Gasteiger partial charge in [0.15, 0.2) is 0 Å². The minimum absolute atomic E-state index is 0.0133. The predicted octanol–water partition coefficient (Wildman–Crippen LogP) is 1.71. The zero-order chi connectivity index (χ0) is 17.6. The van der Waals surface area contributed by atoms with E-state index in [-0.39, 0.29) is 24.8 Å². The molecule has 1 saturated carbocycles. The van der Waals surface area contributed by atoms with Crippen molar-refractivity contribution in [2.75, 3.05) is 25.4 Å². The number of aliphatic hydroxyl groups excluding tert-OH is 1. The third kappa shape index (κ3) is 2.98. The molecule has 1 aliphatic carbocycles. The van der Waals surface area contributed by atoms with Gasteiger partial charge in [-0.15, -0.1) is 0 Å². The van der Waals surface area contributed by atoms with Crippen molar-refractivity contribution in [2.45, 2.75) is 6.42 Å². The number of hydrogen-bond acceptors (Lipinski definition) is 4. The molecule has 1 aliphatic heterocycles. The SMILES string of the molecule is Nc1ccc(-c2ccc(F)cc2)nc1CC(=O)N1C[C@@H]2C(CO)[C@@H]2C1. The van der Waals surface area contributed by atoms with E-state index in [1.54, 1.807) is 24.3 Å². The first-order valence-electron chi connectivity index (χ1n) is 8.47. The van der Waals surface area contributed by atoms with E-state index < -0.39 is 0 Å². The lowest BCUT2D eigenvalue weighted by Crippen LogP contribution is -2.33. The van der Waals surface area contributed by atoms with Crippen LogP contribution in [0.5, 0.6) is 0 Å². The lowest BCUT2D eigenvalue weighted by atomic mass is 10.1. The summed E-state index contributed by atoms with van der Waals surface area (Å²) in [7, 11) is 0. The van der Waals surface area contributed by atoms with Crippen LogP contribution in [0.1, 0.15) is 5.69 Å². The second kappa shape index (κ2) is 6.11. The number of nitrogens with zero attached hydrogens (tertiary/aromatic N) is 2. The van der Waals surface area contributed by atoms with E-state index >= 15 is 0 Å². The number of likely N-dealkylation sites (tertiary alicyclic amines) is 1. The number of carbonyl (C=O) groups excluding carboxylic acids is 1. The van der Waals surface area contributed by atoms with Crippen LogP contribution in [-0.4, -0.2) is 40.6 Å². The molecule has 130 valence electrons. The fourth-order valence-electron chi connectivity index (χ4n) is 3.81. The summed E-state index contributed by atoms with van der Waals surface area (Å²) >= 11 is 0. The maximum Gasteiger partial charge on any atom is 0.228 e. The minimum Gasteiger partial charge on any atom is -0.397 e. The Morgan fingerprint density at radius 2 is 1.88 bits per heavy atom. The lowest BCUT2D eigenvalue weighted by molar-refractivity contribution is -0.130. The maximum absolute atomic E-state index is 13.1. The van der Waals surface area contributed by atoms with Crippen LogP contribution in [0, 0.1) is 23.6 Å². The molecule has 1 amide bonds. The summed E-state index contributed by atoms with van der Waals surface area (Å²) in [6.45, 7) is 1.64. The molecule has 2 aromatic rings. The summed E-state index contributed by atoms with van der Waals surface area (Å²) < 4.78 is 13.1. The number of aromatic nitrogens is 1. The fourth-order valence-corrected chi connectivity index (χ4v) is 3.81. The lowest BCUT2D eigenvalue weighted by Gasteiger charge is -2.20. The van der Waals surface area contributed by atoms with Gasteiger partial charge in [-0.3, -0.25) is 9.78 Å². The van der Waals surface area contributed by atoms with E-state index in [9.17, 15) is 14.3 Å². The molecule has 0 bridgehead atoms. The Labute approximate surface area is 145 Å². The number of nitrogen functional groups attached to an aromatic ring is 1. The molecular formula is C19H20FN3O2. The van der Waals surface area contributed by atoms with Gasteiger partial charge in [-0.1, -0.05) is 0 Å². The standard InChI is InChI=1S/C19H20FN3O2/c20-12-3-1-11(2-4-12)17-6-5-16(21)18(22-17)7-19(25)23-8-13-14(9-23)15(13)10-24/h1-6,13-15,24H,7-10,21H2/t13-,14+,15?. The average Bonchev–Trinajstić information content (AvgIpc) is 3.08. The van der Waals surface area contributed by atoms with E-state index in [0.29, 0.717) is 47.9 Å². The quantitative estimate of drug-likeness (QED) is 0.887. The Morgan fingerprint density at radius 3 is 2.52 bits per heavy atom. The molecule has 5 nitrogen and oxygen atoms in total. The number of aliphatic hydroxyl groups is 1. The Balaban J connectivity index is 1.48. The molecule has 4 rings (SSSR count). The highest BCUT2D eigenvalue weighted by molar-refractivity contribution is 5.80. The number of piperidine rings is 1. The number of halogens is 1. The highest BCUT2D eigenvalue weighted by Crippen LogP contribution is 2.51. The van der Waals surface area contributed by atoms with Gasteiger partial charge in [0, 0.05) is 25.3 Å². The van der Waals surface area contributed by atoms with Gasteiger partial charge in [0.25, 0.3) is 0 Å². The summed E-state index contributed by atoms with van der Waals surface area (Å²) in [5.41, 5.74) is 8.47. The van der Waals surface area contributed by atoms with E-state index in [1.165, 1.54) is 12.1 Å².